The fraction of sp³-hybridized carbons (Fsp3) is 0.250. The number of carboxylic acid groups (broad SMARTS) is 1. The minimum absolute atomic E-state index is 0.0983. The molecule has 0 aliphatic rings. The van der Waals surface area contributed by atoms with Crippen LogP contribution in [0.15, 0.2) is 28.7 Å². The van der Waals surface area contributed by atoms with E-state index in [9.17, 15) is 26.4 Å². The average molecular weight is 338 g/mol. The summed E-state index contributed by atoms with van der Waals surface area (Å²) in [6.07, 6.45) is -0.0767. The van der Waals surface area contributed by atoms with Crippen molar-refractivity contribution in [1.29, 1.82) is 0 Å². The van der Waals surface area contributed by atoms with Gasteiger partial charge < -0.3 is 13.7 Å². The molecule has 0 spiro atoms. The van der Waals surface area contributed by atoms with E-state index in [4.69, 9.17) is 9.52 Å². The van der Waals surface area contributed by atoms with Gasteiger partial charge in [-0.1, -0.05) is 0 Å². The van der Waals surface area contributed by atoms with Gasteiger partial charge in [0.2, 0.25) is 0 Å². The number of alkyl halides is 3. The maximum atomic E-state index is 12.2. The second kappa shape index (κ2) is 5.52. The van der Waals surface area contributed by atoms with Crippen LogP contribution in [0.3, 0.4) is 0 Å². The number of furan rings is 1. The molecule has 0 unspecified atom stereocenters. The van der Waals surface area contributed by atoms with Crippen molar-refractivity contribution in [2.75, 3.05) is 0 Å². The zero-order valence-electron chi connectivity index (χ0n) is 10.8. The van der Waals surface area contributed by atoms with Gasteiger partial charge in [-0.2, -0.15) is 21.6 Å². The smallest absolute Gasteiger partial charge is 0.481 e. The van der Waals surface area contributed by atoms with Crippen molar-refractivity contribution in [2.45, 2.75) is 18.3 Å². The highest BCUT2D eigenvalue weighted by Crippen LogP contribution is 2.30. The highest BCUT2D eigenvalue weighted by molar-refractivity contribution is 7.88. The van der Waals surface area contributed by atoms with Crippen molar-refractivity contribution in [3.05, 3.63) is 30.0 Å². The lowest BCUT2D eigenvalue weighted by Crippen LogP contribution is -2.27. The molecule has 0 atom stereocenters. The lowest BCUT2D eigenvalue weighted by Gasteiger charge is -2.08. The van der Waals surface area contributed by atoms with Gasteiger partial charge in [-0.25, -0.2) is 0 Å². The number of aryl methyl sites for hydroxylation is 1. The third-order valence-corrected chi connectivity index (χ3v) is 3.59. The van der Waals surface area contributed by atoms with Crippen LogP contribution in [0, 0.1) is 0 Å². The van der Waals surface area contributed by atoms with Gasteiger partial charge in [-0.3, -0.25) is 4.79 Å². The molecule has 2 rings (SSSR count). The highest BCUT2D eigenvalue weighted by atomic mass is 32.2. The van der Waals surface area contributed by atoms with Gasteiger partial charge in [0.05, 0.1) is 6.42 Å². The quantitative estimate of drug-likeness (QED) is 0.665. The molecule has 1 aromatic heterocycles. The van der Waals surface area contributed by atoms with E-state index in [-0.39, 0.29) is 18.4 Å². The zero-order valence-corrected chi connectivity index (χ0v) is 11.6. The molecular formula is C12H9F3O6S. The number of hydrogen-bond donors (Lipinski definition) is 1. The first-order valence-corrected chi connectivity index (χ1v) is 7.24. The summed E-state index contributed by atoms with van der Waals surface area (Å²) in [6.45, 7) is 0. The van der Waals surface area contributed by atoms with E-state index in [2.05, 4.69) is 4.18 Å². The predicted molar refractivity (Wildman–Crippen MR) is 67.8 cm³/mol. The standard InChI is InChI=1S/C12H9F3O6S/c13-12(14,15)22(18,19)21-9-1-3-10-7(6-9)5-8(20-10)2-4-11(16)17/h1,3,5-6H,2,4H2,(H,16,17). The molecule has 0 fully saturated rings. The molecule has 0 aliphatic carbocycles. The van der Waals surface area contributed by atoms with Gasteiger partial charge in [0.25, 0.3) is 0 Å². The molecule has 22 heavy (non-hydrogen) atoms. The van der Waals surface area contributed by atoms with Crippen molar-refractivity contribution in [3.63, 3.8) is 0 Å². The van der Waals surface area contributed by atoms with Crippen molar-refractivity contribution in [3.8, 4) is 5.75 Å². The van der Waals surface area contributed by atoms with Crippen LogP contribution in [0.2, 0.25) is 0 Å². The number of carboxylic acids is 1. The summed E-state index contributed by atoms with van der Waals surface area (Å²) in [5, 5.41) is 8.86. The summed E-state index contributed by atoms with van der Waals surface area (Å²) in [4.78, 5) is 10.5. The number of rotatable bonds is 5. The maximum Gasteiger partial charge on any atom is 0.534 e. The number of halogens is 3. The van der Waals surface area contributed by atoms with Crippen molar-refractivity contribution >= 4 is 27.1 Å². The summed E-state index contributed by atoms with van der Waals surface area (Å²) in [7, 11) is -5.74. The molecule has 2 aromatic rings. The largest absolute Gasteiger partial charge is 0.534 e. The predicted octanol–water partition coefficient (Wildman–Crippen LogP) is 2.68. The second-order valence-corrected chi connectivity index (χ2v) is 5.83. The Morgan fingerprint density at radius 2 is 1.95 bits per heavy atom. The Morgan fingerprint density at radius 3 is 2.55 bits per heavy atom. The summed E-state index contributed by atoms with van der Waals surface area (Å²) in [5.74, 6) is -1.23. The molecule has 120 valence electrons. The van der Waals surface area contributed by atoms with Gasteiger partial charge in [0, 0.05) is 11.8 Å². The molecule has 10 heteroatoms. The summed E-state index contributed by atoms with van der Waals surface area (Å²) in [5.41, 5.74) is -5.25. The summed E-state index contributed by atoms with van der Waals surface area (Å²) < 4.78 is 67.8. The first-order valence-electron chi connectivity index (χ1n) is 5.83. The van der Waals surface area contributed by atoms with Crippen LogP contribution in [0.1, 0.15) is 12.2 Å². The SMILES string of the molecule is O=C(O)CCc1cc2cc(OS(=O)(=O)C(F)(F)F)ccc2o1. The number of carbonyl (C=O) groups is 1. The van der Waals surface area contributed by atoms with Crippen LogP contribution in [-0.4, -0.2) is 25.0 Å². The average Bonchev–Trinajstić information content (AvgIpc) is 2.76. The van der Waals surface area contributed by atoms with E-state index >= 15 is 0 Å². The van der Waals surface area contributed by atoms with Crippen LogP contribution in [0.5, 0.6) is 5.75 Å². The van der Waals surface area contributed by atoms with Crippen LogP contribution >= 0.6 is 0 Å². The van der Waals surface area contributed by atoms with E-state index in [1.807, 2.05) is 0 Å². The zero-order chi connectivity index (χ0) is 16.5. The van der Waals surface area contributed by atoms with Crippen molar-refractivity contribution < 1.29 is 40.1 Å². The first-order chi connectivity index (χ1) is 10.1. The van der Waals surface area contributed by atoms with E-state index in [1.54, 1.807) is 0 Å². The Labute approximate surface area is 122 Å². The fourth-order valence-electron chi connectivity index (χ4n) is 1.66. The lowest BCUT2D eigenvalue weighted by atomic mass is 10.2. The van der Waals surface area contributed by atoms with Crippen LogP contribution < -0.4 is 4.18 Å². The van der Waals surface area contributed by atoms with Gasteiger partial charge in [0.1, 0.15) is 17.1 Å². The number of fused-ring (bicyclic) bond motifs is 1. The lowest BCUT2D eigenvalue weighted by molar-refractivity contribution is -0.137. The number of hydrogen-bond acceptors (Lipinski definition) is 5. The molecule has 0 amide bonds. The van der Waals surface area contributed by atoms with Gasteiger partial charge >= 0.3 is 21.6 Å². The van der Waals surface area contributed by atoms with E-state index in [0.29, 0.717) is 11.1 Å². The minimum atomic E-state index is -5.74. The Hall–Kier alpha value is -2.23. The molecule has 1 N–H and O–H groups in total. The second-order valence-electron chi connectivity index (χ2n) is 4.29. The number of aliphatic carboxylic acids is 1. The monoisotopic (exact) mass is 338 g/mol. The molecule has 0 saturated carbocycles. The van der Waals surface area contributed by atoms with Crippen molar-refractivity contribution in [2.24, 2.45) is 0 Å². The van der Waals surface area contributed by atoms with E-state index in [0.717, 1.165) is 12.1 Å². The van der Waals surface area contributed by atoms with Gasteiger partial charge in [0.15, 0.2) is 0 Å². The molecule has 0 saturated heterocycles. The van der Waals surface area contributed by atoms with E-state index in [1.165, 1.54) is 12.1 Å². The van der Waals surface area contributed by atoms with Gasteiger partial charge in [-0.05, 0) is 24.3 Å². The Morgan fingerprint density at radius 1 is 1.27 bits per heavy atom. The molecule has 0 radical (unpaired) electrons. The normalized spacial score (nSPS) is 12.5. The van der Waals surface area contributed by atoms with Gasteiger partial charge in [-0.15, -0.1) is 0 Å². The summed E-state index contributed by atoms with van der Waals surface area (Å²) in [6, 6.07) is 4.72. The third-order valence-electron chi connectivity index (χ3n) is 2.61. The topological polar surface area (TPSA) is 93.8 Å². The molecule has 1 aromatic carbocycles. The Kier molecular flexibility index (Phi) is 4.05. The van der Waals surface area contributed by atoms with E-state index < -0.39 is 27.3 Å². The first kappa shape index (κ1) is 16.1. The Bertz CT molecular complexity index is 806. The highest BCUT2D eigenvalue weighted by Gasteiger charge is 2.48. The fourth-order valence-corrected chi connectivity index (χ4v) is 2.11. The Balaban J connectivity index is 2.25. The molecular weight excluding hydrogens is 329 g/mol. The third kappa shape index (κ3) is 3.50. The van der Waals surface area contributed by atoms with Crippen molar-refractivity contribution in [1.82, 2.24) is 0 Å². The molecule has 0 aliphatic heterocycles. The number of benzene rings is 1. The summed E-state index contributed by atoms with van der Waals surface area (Å²) >= 11 is 0. The maximum absolute atomic E-state index is 12.2. The molecule has 0 bridgehead atoms. The molecule has 6 nitrogen and oxygen atoms in total. The minimum Gasteiger partial charge on any atom is -0.481 e. The van der Waals surface area contributed by atoms with Crippen LogP contribution in [0.4, 0.5) is 13.2 Å². The van der Waals surface area contributed by atoms with Crippen LogP contribution in [0.25, 0.3) is 11.0 Å². The van der Waals surface area contributed by atoms with Crippen LogP contribution in [-0.2, 0) is 21.3 Å². The molecule has 1 heterocycles.